The summed E-state index contributed by atoms with van der Waals surface area (Å²) < 4.78 is 0. The van der Waals surface area contributed by atoms with E-state index in [-0.39, 0.29) is 5.91 Å². The molecule has 0 aliphatic carbocycles. The van der Waals surface area contributed by atoms with E-state index in [9.17, 15) is 9.90 Å². The van der Waals surface area contributed by atoms with E-state index in [0.717, 1.165) is 20.9 Å². The van der Waals surface area contributed by atoms with Gasteiger partial charge in [0, 0.05) is 18.0 Å². The van der Waals surface area contributed by atoms with Crippen LogP contribution in [-0.4, -0.2) is 60.1 Å². The smallest absolute Gasteiger partial charge is 0.264 e. The molecule has 1 atom stereocenters. The average Bonchev–Trinajstić information content (AvgIpc) is 3.10. The van der Waals surface area contributed by atoms with Crippen molar-refractivity contribution in [3.8, 4) is 10.4 Å². The molecule has 128 valence electrons. The summed E-state index contributed by atoms with van der Waals surface area (Å²) in [6.45, 7) is 3.64. The number of amides is 1. The first kappa shape index (κ1) is 17.1. The predicted molar refractivity (Wildman–Crippen MR) is 98.5 cm³/mol. The van der Waals surface area contributed by atoms with Gasteiger partial charge in [-0.3, -0.25) is 4.79 Å². The number of aryl methyl sites for hydroxylation is 1. The summed E-state index contributed by atoms with van der Waals surface area (Å²) in [5, 5.41) is 10.6. The van der Waals surface area contributed by atoms with Gasteiger partial charge in [-0.1, -0.05) is 30.3 Å². The van der Waals surface area contributed by atoms with Crippen molar-refractivity contribution < 1.29 is 9.90 Å². The summed E-state index contributed by atoms with van der Waals surface area (Å²) in [6.07, 6.45) is 0.632. The standard InChI is InChI=1S/C19H24N2O2S/c1-14-11-16(24-17(14)15-7-5-4-6-8-15)18(22)21-10-9-19(23,13-21)12-20(2)3/h4-8,11,23H,9-10,12-13H2,1-3H3/t19-/m1/s1. The largest absolute Gasteiger partial charge is 0.387 e. The van der Waals surface area contributed by atoms with E-state index in [1.165, 1.54) is 11.3 Å². The molecule has 0 saturated carbocycles. The Morgan fingerprint density at radius 1 is 1.33 bits per heavy atom. The molecular formula is C19H24N2O2S. The number of benzene rings is 1. The zero-order valence-electron chi connectivity index (χ0n) is 14.5. The molecule has 1 N–H and O–H groups in total. The molecule has 0 radical (unpaired) electrons. The Balaban J connectivity index is 1.77. The predicted octanol–water partition coefficient (Wildman–Crippen LogP) is 2.86. The molecule has 1 aromatic carbocycles. The molecule has 1 aliphatic rings. The first-order valence-electron chi connectivity index (χ1n) is 8.20. The van der Waals surface area contributed by atoms with E-state index in [0.29, 0.717) is 26.1 Å². The van der Waals surface area contributed by atoms with Gasteiger partial charge in [0.25, 0.3) is 5.91 Å². The lowest BCUT2D eigenvalue weighted by Crippen LogP contribution is -2.43. The minimum absolute atomic E-state index is 0.0277. The van der Waals surface area contributed by atoms with Crippen LogP contribution in [0.5, 0.6) is 0 Å². The fourth-order valence-corrected chi connectivity index (χ4v) is 4.51. The Hall–Kier alpha value is -1.69. The van der Waals surface area contributed by atoms with E-state index >= 15 is 0 Å². The zero-order chi connectivity index (χ0) is 17.3. The van der Waals surface area contributed by atoms with Gasteiger partial charge in [-0.05, 0) is 44.6 Å². The SMILES string of the molecule is Cc1cc(C(=O)N2CC[C@@](O)(CN(C)C)C2)sc1-c1ccccc1. The Bertz CT molecular complexity index is 726. The number of likely N-dealkylation sites (tertiary alicyclic amines) is 1. The molecule has 0 spiro atoms. The highest BCUT2D eigenvalue weighted by Gasteiger charge is 2.39. The van der Waals surface area contributed by atoms with E-state index in [2.05, 4.69) is 12.1 Å². The van der Waals surface area contributed by atoms with Crippen molar-refractivity contribution in [1.82, 2.24) is 9.80 Å². The van der Waals surface area contributed by atoms with Crippen molar-refractivity contribution in [2.24, 2.45) is 0 Å². The first-order valence-corrected chi connectivity index (χ1v) is 9.02. The maximum absolute atomic E-state index is 12.8. The third-order valence-corrected chi connectivity index (χ3v) is 5.67. The van der Waals surface area contributed by atoms with Crippen LogP contribution < -0.4 is 0 Å². The second kappa shape index (κ2) is 6.67. The van der Waals surface area contributed by atoms with Gasteiger partial charge in [-0.25, -0.2) is 0 Å². The summed E-state index contributed by atoms with van der Waals surface area (Å²) in [6, 6.07) is 12.1. The van der Waals surface area contributed by atoms with Crippen LogP contribution in [0.4, 0.5) is 0 Å². The molecule has 1 aliphatic heterocycles. The van der Waals surface area contributed by atoms with E-state index in [1.54, 1.807) is 4.90 Å². The van der Waals surface area contributed by atoms with Gasteiger partial charge < -0.3 is 14.9 Å². The van der Waals surface area contributed by atoms with E-state index in [1.807, 2.05) is 50.2 Å². The summed E-state index contributed by atoms with van der Waals surface area (Å²) in [5.41, 5.74) is 1.47. The monoisotopic (exact) mass is 344 g/mol. The van der Waals surface area contributed by atoms with Crippen LogP contribution in [0, 0.1) is 6.92 Å². The maximum atomic E-state index is 12.8. The summed E-state index contributed by atoms with van der Waals surface area (Å²) >= 11 is 1.54. The van der Waals surface area contributed by atoms with Crippen LogP contribution in [-0.2, 0) is 0 Å². The number of hydrogen-bond acceptors (Lipinski definition) is 4. The molecule has 1 amide bonds. The molecule has 2 heterocycles. The molecule has 1 saturated heterocycles. The van der Waals surface area contributed by atoms with E-state index < -0.39 is 5.60 Å². The number of thiophene rings is 1. The zero-order valence-corrected chi connectivity index (χ0v) is 15.3. The number of carbonyl (C=O) groups is 1. The van der Waals surface area contributed by atoms with Crippen LogP contribution in [0.15, 0.2) is 36.4 Å². The first-order chi connectivity index (χ1) is 11.4. The Labute approximate surface area is 147 Å². The number of nitrogens with zero attached hydrogens (tertiary/aromatic N) is 2. The fraction of sp³-hybridized carbons (Fsp3) is 0.421. The lowest BCUT2D eigenvalue weighted by Gasteiger charge is -2.26. The highest BCUT2D eigenvalue weighted by molar-refractivity contribution is 7.17. The molecule has 1 aromatic heterocycles. The van der Waals surface area contributed by atoms with Gasteiger partial charge in [0.1, 0.15) is 0 Å². The second-order valence-corrected chi connectivity index (χ2v) is 7.98. The highest BCUT2D eigenvalue weighted by Crippen LogP contribution is 2.34. The summed E-state index contributed by atoms with van der Waals surface area (Å²) in [7, 11) is 3.88. The van der Waals surface area contributed by atoms with Crippen molar-refractivity contribution in [3.05, 3.63) is 46.8 Å². The third-order valence-electron chi connectivity index (χ3n) is 4.39. The molecule has 4 nitrogen and oxygen atoms in total. The number of likely N-dealkylation sites (N-methyl/N-ethyl adjacent to an activating group) is 1. The van der Waals surface area contributed by atoms with Crippen molar-refractivity contribution in [2.45, 2.75) is 18.9 Å². The van der Waals surface area contributed by atoms with Gasteiger partial charge in [0.05, 0.1) is 17.0 Å². The van der Waals surface area contributed by atoms with Gasteiger partial charge >= 0.3 is 0 Å². The number of carbonyl (C=O) groups excluding carboxylic acids is 1. The number of aliphatic hydroxyl groups is 1. The molecule has 2 aromatic rings. The van der Waals surface area contributed by atoms with Crippen molar-refractivity contribution >= 4 is 17.2 Å². The number of β-amino-alcohol motifs (C(OH)–C–C–N with tert-alkyl or cyclic N) is 1. The minimum Gasteiger partial charge on any atom is -0.387 e. The Morgan fingerprint density at radius 3 is 2.71 bits per heavy atom. The lowest BCUT2D eigenvalue weighted by atomic mass is 10.0. The quantitative estimate of drug-likeness (QED) is 0.927. The summed E-state index contributed by atoms with van der Waals surface area (Å²) in [5.74, 6) is 0.0277. The number of rotatable bonds is 4. The normalized spacial score (nSPS) is 20.8. The maximum Gasteiger partial charge on any atom is 0.264 e. The van der Waals surface area contributed by atoms with E-state index in [4.69, 9.17) is 0 Å². The van der Waals surface area contributed by atoms with Crippen molar-refractivity contribution in [2.75, 3.05) is 33.7 Å². The number of hydrogen-bond donors (Lipinski definition) is 1. The van der Waals surface area contributed by atoms with Crippen LogP contribution in [0.2, 0.25) is 0 Å². The molecule has 5 heteroatoms. The molecular weight excluding hydrogens is 320 g/mol. The highest BCUT2D eigenvalue weighted by atomic mass is 32.1. The van der Waals surface area contributed by atoms with Crippen molar-refractivity contribution in [3.63, 3.8) is 0 Å². The molecule has 0 bridgehead atoms. The third kappa shape index (κ3) is 3.53. The van der Waals surface area contributed by atoms with Crippen LogP contribution in [0.1, 0.15) is 21.7 Å². The van der Waals surface area contributed by atoms with Crippen LogP contribution >= 0.6 is 11.3 Å². The van der Waals surface area contributed by atoms with Crippen molar-refractivity contribution in [1.29, 1.82) is 0 Å². The van der Waals surface area contributed by atoms with Gasteiger partial charge in [0.15, 0.2) is 0 Å². The summed E-state index contributed by atoms with van der Waals surface area (Å²) in [4.78, 5) is 18.5. The van der Waals surface area contributed by atoms with Gasteiger partial charge in [-0.2, -0.15) is 0 Å². The lowest BCUT2D eigenvalue weighted by molar-refractivity contribution is 0.0237. The fourth-order valence-electron chi connectivity index (χ4n) is 3.37. The molecule has 1 fully saturated rings. The van der Waals surface area contributed by atoms with Gasteiger partial charge in [0.2, 0.25) is 0 Å². The Morgan fingerprint density at radius 2 is 2.04 bits per heavy atom. The molecule has 0 unspecified atom stereocenters. The Kier molecular flexibility index (Phi) is 4.76. The van der Waals surface area contributed by atoms with Crippen LogP contribution in [0.3, 0.4) is 0 Å². The molecule has 24 heavy (non-hydrogen) atoms. The average molecular weight is 344 g/mol. The second-order valence-electron chi connectivity index (χ2n) is 6.93. The molecule has 3 rings (SSSR count). The van der Waals surface area contributed by atoms with Crippen LogP contribution in [0.25, 0.3) is 10.4 Å². The minimum atomic E-state index is -0.798. The van der Waals surface area contributed by atoms with Gasteiger partial charge in [-0.15, -0.1) is 11.3 Å². The topological polar surface area (TPSA) is 43.8 Å².